The second kappa shape index (κ2) is 8.53. The molecule has 0 saturated heterocycles. The van der Waals surface area contributed by atoms with Crippen molar-refractivity contribution in [1.82, 2.24) is 0 Å². The van der Waals surface area contributed by atoms with Crippen molar-refractivity contribution in [3.63, 3.8) is 0 Å². The molecule has 0 aliphatic heterocycles. The van der Waals surface area contributed by atoms with Crippen LogP contribution in [0.25, 0.3) is 0 Å². The van der Waals surface area contributed by atoms with E-state index in [-0.39, 0.29) is 52.4 Å². The number of aliphatic hydroxyl groups excluding tert-OH is 3. The van der Waals surface area contributed by atoms with Crippen LogP contribution in [0.15, 0.2) is 11.6 Å². The van der Waals surface area contributed by atoms with Gasteiger partial charge in [-0.25, -0.2) is 0 Å². The van der Waals surface area contributed by atoms with Crippen LogP contribution in [0.3, 0.4) is 0 Å². The number of rotatable bonds is 5. The van der Waals surface area contributed by atoms with Crippen LogP contribution in [0.4, 0.5) is 0 Å². The third-order valence-corrected chi connectivity index (χ3v) is 12.6. The third-order valence-electron chi connectivity index (χ3n) is 12.6. The van der Waals surface area contributed by atoms with E-state index in [1.54, 1.807) is 6.92 Å². The number of carboxylic acid groups (broad SMARTS) is 1. The number of carboxylic acids is 1. The second-order valence-corrected chi connectivity index (χ2v) is 14.8. The maximum absolute atomic E-state index is 11.7. The summed E-state index contributed by atoms with van der Waals surface area (Å²) < 4.78 is 0. The summed E-state index contributed by atoms with van der Waals surface area (Å²) >= 11 is 0. The SMILES string of the molecule is CC1(C)C[C@H]2C3=CC[C@@H]4[C@@](C)(CCC(=O)O)[C@H]([C@](C)(O)CO)CC[C@@]4(C)[C@]3(C)CC[C@@]2(C)[C@H](O)[C@H]1O. The van der Waals surface area contributed by atoms with E-state index in [0.29, 0.717) is 6.42 Å². The molecule has 36 heavy (non-hydrogen) atoms. The Hall–Kier alpha value is -0.950. The predicted octanol–water partition coefficient (Wildman–Crippen LogP) is 4.54. The summed E-state index contributed by atoms with van der Waals surface area (Å²) in [4.78, 5) is 11.7. The van der Waals surface area contributed by atoms with E-state index in [1.165, 1.54) is 5.57 Å². The van der Waals surface area contributed by atoms with E-state index in [0.717, 1.165) is 38.5 Å². The van der Waals surface area contributed by atoms with Crippen LogP contribution in [-0.2, 0) is 4.79 Å². The first-order valence-corrected chi connectivity index (χ1v) is 14.0. The third kappa shape index (κ3) is 3.68. The van der Waals surface area contributed by atoms with Crippen LogP contribution in [-0.4, -0.2) is 55.9 Å². The van der Waals surface area contributed by atoms with Crippen molar-refractivity contribution in [3.8, 4) is 0 Å². The Labute approximate surface area is 217 Å². The molecule has 0 aromatic carbocycles. The summed E-state index contributed by atoms with van der Waals surface area (Å²) in [5.41, 5.74) is -1.25. The van der Waals surface area contributed by atoms with Crippen molar-refractivity contribution in [2.75, 3.05) is 6.61 Å². The van der Waals surface area contributed by atoms with Gasteiger partial charge in [0.25, 0.3) is 0 Å². The first-order chi connectivity index (χ1) is 16.4. The highest BCUT2D eigenvalue weighted by molar-refractivity contribution is 5.66. The molecule has 4 aliphatic rings. The van der Waals surface area contributed by atoms with Crippen LogP contribution in [0, 0.1) is 44.8 Å². The van der Waals surface area contributed by atoms with Gasteiger partial charge in [0.1, 0.15) is 0 Å². The zero-order valence-electron chi connectivity index (χ0n) is 23.5. The Morgan fingerprint density at radius 1 is 1.06 bits per heavy atom. The van der Waals surface area contributed by atoms with Crippen LogP contribution in [0.2, 0.25) is 0 Å². The fraction of sp³-hybridized carbons (Fsp3) is 0.900. The van der Waals surface area contributed by atoms with Gasteiger partial charge in [0.2, 0.25) is 0 Å². The quantitative estimate of drug-likeness (QED) is 0.350. The van der Waals surface area contributed by atoms with Gasteiger partial charge in [-0.15, -0.1) is 0 Å². The van der Waals surface area contributed by atoms with Crippen LogP contribution < -0.4 is 0 Å². The Morgan fingerprint density at radius 2 is 1.69 bits per heavy atom. The van der Waals surface area contributed by atoms with Crippen molar-refractivity contribution < 1.29 is 30.3 Å². The highest BCUT2D eigenvalue weighted by atomic mass is 16.4. The van der Waals surface area contributed by atoms with Crippen LogP contribution in [0.1, 0.15) is 99.8 Å². The summed E-state index contributed by atoms with van der Waals surface area (Å²) in [5.74, 6) is -0.655. The van der Waals surface area contributed by atoms with Crippen LogP contribution in [0.5, 0.6) is 0 Å². The van der Waals surface area contributed by atoms with Gasteiger partial charge in [0, 0.05) is 11.8 Å². The molecular weight excluding hydrogens is 456 g/mol. The molecule has 0 unspecified atom stereocenters. The standard InChI is InChI=1S/C30H50O6/c1-25(2)16-19-18-8-9-20-27(4,12-11-22(32)33)21(30(7,36)17-31)10-13-29(20,6)28(18,5)15-14-26(19,3)24(35)23(25)34/h8,19-21,23-24,31,34-36H,9-17H2,1-7H3,(H,32,33)/t19-,20+,21+,23+,24+,26+,27+,28+,29+,30+/m0/s1. The maximum atomic E-state index is 11.7. The lowest BCUT2D eigenvalue weighted by atomic mass is 9.35. The van der Waals surface area contributed by atoms with E-state index in [4.69, 9.17) is 0 Å². The molecular formula is C30H50O6. The molecule has 0 spiro atoms. The molecule has 0 radical (unpaired) electrons. The number of allylic oxidation sites excluding steroid dienone is 2. The van der Waals surface area contributed by atoms with Gasteiger partial charge in [0.15, 0.2) is 0 Å². The van der Waals surface area contributed by atoms with Gasteiger partial charge in [-0.2, -0.15) is 0 Å². The topological polar surface area (TPSA) is 118 Å². The maximum Gasteiger partial charge on any atom is 0.303 e. The van der Waals surface area contributed by atoms with Gasteiger partial charge in [0.05, 0.1) is 24.4 Å². The monoisotopic (exact) mass is 506 g/mol. The molecule has 0 aromatic rings. The lowest BCUT2D eigenvalue weighted by Crippen LogP contribution is -2.66. The molecule has 5 N–H and O–H groups in total. The summed E-state index contributed by atoms with van der Waals surface area (Å²) in [6, 6.07) is 0. The van der Waals surface area contributed by atoms with E-state index in [2.05, 4.69) is 47.6 Å². The molecule has 0 amide bonds. The van der Waals surface area contributed by atoms with Crippen molar-refractivity contribution in [2.45, 2.75) is 118 Å². The largest absolute Gasteiger partial charge is 0.481 e. The summed E-state index contributed by atoms with van der Waals surface area (Å²) in [6.45, 7) is 14.6. The van der Waals surface area contributed by atoms with Crippen molar-refractivity contribution in [2.24, 2.45) is 44.8 Å². The molecule has 206 valence electrons. The number of fused-ring (bicyclic) bond motifs is 5. The summed E-state index contributed by atoms with van der Waals surface area (Å²) in [7, 11) is 0. The normalized spacial score (nSPS) is 49.6. The van der Waals surface area contributed by atoms with Gasteiger partial charge in [-0.3, -0.25) is 4.79 Å². The van der Waals surface area contributed by atoms with Crippen LogP contribution >= 0.6 is 0 Å². The van der Waals surface area contributed by atoms with Crippen molar-refractivity contribution >= 4 is 5.97 Å². The average Bonchev–Trinajstić information content (AvgIpc) is 2.79. The van der Waals surface area contributed by atoms with E-state index >= 15 is 0 Å². The lowest BCUT2D eigenvalue weighted by molar-refractivity contribution is -0.213. The number of aliphatic carboxylic acids is 1. The molecule has 0 aromatic heterocycles. The van der Waals surface area contributed by atoms with E-state index in [9.17, 15) is 30.3 Å². The number of hydrogen-bond acceptors (Lipinski definition) is 5. The van der Waals surface area contributed by atoms with Gasteiger partial charge in [-0.05, 0) is 91.3 Å². The summed E-state index contributed by atoms with van der Waals surface area (Å²) in [6.07, 6.45) is 6.46. The highest BCUT2D eigenvalue weighted by Gasteiger charge is 2.68. The first-order valence-electron chi connectivity index (χ1n) is 14.0. The minimum absolute atomic E-state index is 0.0489. The molecule has 4 rings (SSSR count). The molecule has 4 aliphatic carbocycles. The Kier molecular flexibility index (Phi) is 6.65. The highest BCUT2D eigenvalue weighted by Crippen LogP contribution is 2.74. The minimum Gasteiger partial charge on any atom is -0.481 e. The van der Waals surface area contributed by atoms with Crippen molar-refractivity contribution in [1.29, 1.82) is 0 Å². The molecule has 10 atom stereocenters. The smallest absolute Gasteiger partial charge is 0.303 e. The Bertz CT molecular complexity index is 924. The summed E-state index contributed by atoms with van der Waals surface area (Å²) in [5, 5.41) is 53.2. The predicted molar refractivity (Wildman–Crippen MR) is 139 cm³/mol. The molecule has 3 saturated carbocycles. The molecule has 0 heterocycles. The van der Waals surface area contributed by atoms with E-state index < -0.39 is 29.2 Å². The Morgan fingerprint density at radius 3 is 2.28 bits per heavy atom. The zero-order valence-corrected chi connectivity index (χ0v) is 23.5. The average molecular weight is 507 g/mol. The Balaban J connectivity index is 1.81. The van der Waals surface area contributed by atoms with Crippen molar-refractivity contribution in [3.05, 3.63) is 11.6 Å². The zero-order chi connectivity index (χ0) is 27.1. The first kappa shape index (κ1) is 28.1. The molecule has 6 heteroatoms. The van der Waals surface area contributed by atoms with Gasteiger partial charge in [-0.1, -0.05) is 53.2 Å². The number of carbonyl (C=O) groups is 1. The lowest BCUT2D eigenvalue weighted by Gasteiger charge is -2.70. The molecule has 6 nitrogen and oxygen atoms in total. The molecule has 3 fully saturated rings. The van der Waals surface area contributed by atoms with Gasteiger partial charge >= 0.3 is 5.97 Å². The fourth-order valence-corrected chi connectivity index (χ4v) is 9.90. The van der Waals surface area contributed by atoms with E-state index in [1.807, 2.05) is 0 Å². The second-order valence-electron chi connectivity index (χ2n) is 14.8. The number of aliphatic hydroxyl groups is 4. The molecule has 0 bridgehead atoms. The minimum atomic E-state index is -1.27. The number of hydrogen-bond donors (Lipinski definition) is 5. The van der Waals surface area contributed by atoms with Gasteiger partial charge < -0.3 is 25.5 Å². The fourth-order valence-electron chi connectivity index (χ4n) is 9.90.